The first-order valence-electron chi connectivity index (χ1n) is 9.91. The van der Waals surface area contributed by atoms with Crippen molar-refractivity contribution in [3.63, 3.8) is 0 Å². The van der Waals surface area contributed by atoms with Gasteiger partial charge < -0.3 is 10.6 Å². The standard InChI is InChI=1S/C21H26N4O/c26-21(24-20-10-15-9-19(20)18-8-4-7-17(15)18)22-11-14-12-23-25(13-14)16-5-2-1-3-6-16/h1-3,5-6,12-13,15,17-20H,4,7-11H2,(H2,22,24,26). The van der Waals surface area contributed by atoms with Gasteiger partial charge in [-0.05, 0) is 61.5 Å². The molecule has 3 fully saturated rings. The molecule has 5 heteroatoms. The highest BCUT2D eigenvalue weighted by Crippen LogP contribution is 2.58. The zero-order valence-corrected chi connectivity index (χ0v) is 15.0. The molecule has 0 saturated heterocycles. The highest BCUT2D eigenvalue weighted by molar-refractivity contribution is 5.74. The smallest absolute Gasteiger partial charge is 0.315 e. The highest BCUT2D eigenvalue weighted by Gasteiger charge is 2.54. The number of nitrogens with zero attached hydrogens (tertiary/aromatic N) is 2. The first kappa shape index (κ1) is 15.9. The van der Waals surface area contributed by atoms with E-state index < -0.39 is 0 Å². The quantitative estimate of drug-likeness (QED) is 0.887. The largest absolute Gasteiger partial charge is 0.335 e. The van der Waals surface area contributed by atoms with Crippen molar-refractivity contribution >= 4 is 6.03 Å². The highest BCUT2D eigenvalue weighted by atomic mass is 16.2. The second-order valence-corrected chi connectivity index (χ2v) is 8.22. The predicted molar refractivity (Wildman–Crippen MR) is 99.8 cm³/mol. The molecule has 2 aromatic rings. The first-order valence-corrected chi connectivity index (χ1v) is 9.91. The summed E-state index contributed by atoms with van der Waals surface area (Å²) in [5.41, 5.74) is 2.03. The fraction of sp³-hybridized carbons (Fsp3) is 0.524. The molecule has 0 radical (unpaired) electrons. The zero-order chi connectivity index (χ0) is 17.5. The molecule has 136 valence electrons. The average molecular weight is 350 g/mol. The van der Waals surface area contributed by atoms with E-state index in [1.807, 2.05) is 47.4 Å². The van der Waals surface area contributed by atoms with E-state index >= 15 is 0 Å². The number of hydrogen-bond acceptors (Lipinski definition) is 2. The summed E-state index contributed by atoms with van der Waals surface area (Å²) in [6.07, 6.45) is 10.5. The Kier molecular flexibility index (Phi) is 3.95. The van der Waals surface area contributed by atoms with Crippen LogP contribution >= 0.6 is 0 Å². The van der Waals surface area contributed by atoms with Crippen LogP contribution in [-0.2, 0) is 6.54 Å². The molecule has 2 N–H and O–H groups in total. The maximum Gasteiger partial charge on any atom is 0.315 e. The molecule has 0 aliphatic heterocycles. The van der Waals surface area contributed by atoms with Crippen molar-refractivity contribution in [2.75, 3.05) is 0 Å². The predicted octanol–water partition coefficient (Wildman–Crippen LogP) is 3.50. The topological polar surface area (TPSA) is 59.0 Å². The molecule has 26 heavy (non-hydrogen) atoms. The fourth-order valence-corrected chi connectivity index (χ4v) is 5.81. The summed E-state index contributed by atoms with van der Waals surface area (Å²) in [6.45, 7) is 0.505. The van der Waals surface area contributed by atoms with Crippen LogP contribution in [0.3, 0.4) is 0 Å². The van der Waals surface area contributed by atoms with Crippen molar-refractivity contribution in [1.29, 1.82) is 0 Å². The lowest BCUT2D eigenvalue weighted by Gasteiger charge is -2.32. The van der Waals surface area contributed by atoms with Gasteiger partial charge in [0.2, 0.25) is 0 Å². The molecule has 5 unspecified atom stereocenters. The van der Waals surface area contributed by atoms with Crippen LogP contribution in [0.5, 0.6) is 0 Å². The van der Waals surface area contributed by atoms with E-state index in [2.05, 4.69) is 15.7 Å². The van der Waals surface area contributed by atoms with Crippen LogP contribution in [0.25, 0.3) is 5.69 Å². The molecule has 0 spiro atoms. The van der Waals surface area contributed by atoms with E-state index in [1.165, 1.54) is 32.1 Å². The van der Waals surface area contributed by atoms with E-state index in [9.17, 15) is 4.79 Å². The molecule has 5 rings (SSSR count). The van der Waals surface area contributed by atoms with Crippen molar-refractivity contribution < 1.29 is 4.79 Å². The second-order valence-electron chi connectivity index (χ2n) is 8.22. The number of aromatic nitrogens is 2. The molecule has 5 atom stereocenters. The van der Waals surface area contributed by atoms with Crippen LogP contribution in [0.4, 0.5) is 4.79 Å². The molecule has 1 aromatic carbocycles. The van der Waals surface area contributed by atoms with Crippen LogP contribution in [0.2, 0.25) is 0 Å². The molecule has 2 bridgehead atoms. The lowest BCUT2D eigenvalue weighted by molar-refractivity contribution is 0.197. The van der Waals surface area contributed by atoms with Gasteiger partial charge in [-0.25, -0.2) is 9.48 Å². The normalized spacial score (nSPS) is 31.8. The maximum atomic E-state index is 12.4. The average Bonchev–Trinajstić information content (AvgIpc) is 3.42. The second kappa shape index (κ2) is 6.45. The van der Waals surface area contributed by atoms with Crippen LogP contribution in [0, 0.1) is 23.7 Å². The van der Waals surface area contributed by atoms with Crippen LogP contribution in [-0.4, -0.2) is 21.9 Å². The van der Waals surface area contributed by atoms with Crippen molar-refractivity contribution in [2.45, 2.75) is 44.7 Å². The van der Waals surface area contributed by atoms with Gasteiger partial charge in [0, 0.05) is 24.3 Å². The first-order chi connectivity index (χ1) is 12.8. The number of fused-ring (bicyclic) bond motifs is 5. The Hall–Kier alpha value is -2.30. The van der Waals surface area contributed by atoms with Gasteiger partial charge in [-0.1, -0.05) is 24.6 Å². The summed E-state index contributed by atoms with van der Waals surface area (Å²) in [4.78, 5) is 12.4. The Labute approximate surface area is 154 Å². The van der Waals surface area contributed by atoms with Gasteiger partial charge in [0.05, 0.1) is 11.9 Å². The third kappa shape index (κ3) is 2.79. The molecule has 1 heterocycles. The number of carbonyl (C=O) groups is 1. The van der Waals surface area contributed by atoms with Gasteiger partial charge in [0.15, 0.2) is 0 Å². The molecular formula is C21H26N4O. The van der Waals surface area contributed by atoms with E-state index in [0.717, 1.165) is 34.9 Å². The van der Waals surface area contributed by atoms with Crippen molar-refractivity contribution in [2.24, 2.45) is 23.7 Å². The summed E-state index contributed by atoms with van der Waals surface area (Å²) < 4.78 is 1.84. The number of para-hydroxylation sites is 1. The number of hydrogen-bond donors (Lipinski definition) is 2. The monoisotopic (exact) mass is 350 g/mol. The Morgan fingerprint density at radius 3 is 2.85 bits per heavy atom. The summed E-state index contributed by atoms with van der Waals surface area (Å²) in [6, 6.07) is 10.4. The van der Waals surface area contributed by atoms with Gasteiger partial charge in [0.1, 0.15) is 0 Å². The van der Waals surface area contributed by atoms with E-state index in [0.29, 0.717) is 12.6 Å². The number of carbonyl (C=O) groups excluding carboxylic acids is 1. The molecule has 1 aromatic heterocycles. The number of urea groups is 1. The molecule has 3 aliphatic carbocycles. The number of benzene rings is 1. The van der Waals surface area contributed by atoms with E-state index in [1.54, 1.807) is 0 Å². The minimum Gasteiger partial charge on any atom is -0.335 e. The van der Waals surface area contributed by atoms with Gasteiger partial charge in [-0.2, -0.15) is 5.10 Å². The van der Waals surface area contributed by atoms with E-state index in [-0.39, 0.29) is 6.03 Å². The third-order valence-electron chi connectivity index (χ3n) is 6.86. The fourth-order valence-electron chi connectivity index (χ4n) is 5.81. The van der Waals surface area contributed by atoms with Crippen molar-refractivity contribution in [3.05, 3.63) is 48.3 Å². The maximum absolute atomic E-state index is 12.4. The van der Waals surface area contributed by atoms with Gasteiger partial charge in [0.25, 0.3) is 0 Å². The van der Waals surface area contributed by atoms with Crippen LogP contribution in [0.15, 0.2) is 42.7 Å². The number of rotatable bonds is 4. The molecule has 3 aliphatic rings. The minimum atomic E-state index is -0.0374. The van der Waals surface area contributed by atoms with Crippen molar-refractivity contribution in [3.8, 4) is 5.69 Å². The lowest BCUT2D eigenvalue weighted by atomic mass is 9.79. The lowest BCUT2D eigenvalue weighted by Crippen LogP contribution is -2.46. The van der Waals surface area contributed by atoms with Gasteiger partial charge in [-0.15, -0.1) is 0 Å². The zero-order valence-electron chi connectivity index (χ0n) is 15.0. The third-order valence-corrected chi connectivity index (χ3v) is 6.86. The number of nitrogens with one attached hydrogen (secondary N) is 2. The Balaban J connectivity index is 1.15. The van der Waals surface area contributed by atoms with Gasteiger partial charge in [-0.3, -0.25) is 0 Å². The van der Waals surface area contributed by atoms with Gasteiger partial charge >= 0.3 is 6.03 Å². The Bertz CT molecular complexity index is 786. The summed E-state index contributed by atoms with van der Waals surface area (Å²) in [7, 11) is 0. The summed E-state index contributed by atoms with van der Waals surface area (Å²) >= 11 is 0. The Morgan fingerprint density at radius 1 is 1.12 bits per heavy atom. The van der Waals surface area contributed by atoms with Crippen LogP contribution in [0.1, 0.15) is 37.7 Å². The summed E-state index contributed by atoms with van der Waals surface area (Å²) in [5, 5.41) is 10.6. The summed E-state index contributed by atoms with van der Waals surface area (Å²) in [5.74, 6) is 3.43. The van der Waals surface area contributed by atoms with E-state index in [4.69, 9.17) is 0 Å². The van der Waals surface area contributed by atoms with Crippen LogP contribution < -0.4 is 10.6 Å². The molecular weight excluding hydrogens is 324 g/mol. The molecule has 5 nitrogen and oxygen atoms in total. The Morgan fingerprint density at radius 2 is 1.96 bits per heavy atom. The molecule has 3 saturated carbocycles. The molecule has 2 amide bonds. The van der Waals surface area contributed by atoms with Crippen molar-refractivity contribution in [1.82, 2.24) is 20.4 Å². The minimum absolute atomic E-state index is 0.0374. The number of amides is 2. The SMILES string of the molecule is O=C(NCc1cnn(-c2ccccc2)c1)NC1CC2CC1C1CCCC21.